The van der Waals surface area contributed by atoms with Crippen LogP contribution in [0.3, 0.4) is 0 Å². The van der Waals surface area contributed by atoms with E-state index in [0.717, 1.165) is 29.6 Å². The van der Waals surface area contributed by atoms with Crippen molar-refractivity contribution in [2.75, 3.05) is 20.3 Å². The Bertz CT molecular complexity index is 374. The van der Waals surface area contributed by atoms with E-state index in [1.54, 1.807) is 7.11 Å². The first-order valence-corrected chi connectivity index (χ1v) is 6.44. The van der Waals surface area contributed by atoms with Crippen LogP contribution in [0.25, 0.3) is 0 Å². The van der Waals surface area contributed by atoms with Gasteiger partial charge in [-0.25, -0.2) is 0 Å². The molecule has 0 spiro atoms. The molecule has 0 unspecified atom stereocenters. The van der Waals surface area contributed by atoms with Gasteiger partial charge in [0, 0.05) is 25.6 Å². The van der Waals surface area contributed by atoms with Crippen LogP contribution in [0.2, 0.25) is 5.02 Å². The minimum atomic E-state index is 0.340. The molecule has 0 bridgehead atoms. The molecule has 0 amide bonds. The standard InChI is InChI=1S/C12H20ClN3O/c1-9-11(13)10(16-15-9)6-14-7-12(8-17-2)4-3-5-12/h14H,3-8H2,1-2H3,(H,15,16). The molecule has 96 valence electrons. The quantitative estimate of drug-likeness (QED) is 0.822. The highest BCUT2D eigenvalue weighted by molar-refractivity contribution is 6.31. The molecule has 1 aliphatic rings. The number of nitrogens with one attached hydrogen (secondary N) is 2. The van der Waals surface area contributed by atoms with E-state index in [-0.39, 0.29) is 0 Å². The van der Waals surface area contributed by atoms with Gasteiger partial charge in [-0.2, -0.15) is 5.10 Å². The van der Waals surface area contributed by atoms with Gasteiger partial charge in [0.25, 0.3) is 0 Å². The molecule has 0 radical (unpaired) electrons. The summed E-state index contributed by atoms with van der Waals surface area (Å²) in [5, 5.41) is 11.2. The zero-order valence-corrected chi connectivity index (χ0v) is 11.2. The van der Waals surface area contributed by atoms with Crippen molar-refractivity contribution in [3.63, 3.8) is 0 Å². The second kappa shape index (κ2) is 5.38. The van der Waals surface area contributed by atoms with Crippen molar-refractivity contribution >= 4 is 11.6 Å². The number of hydrogen-bond acceptors (Lipinski definition) is 3. The van der Waals surface area contributed by atoms with E-state index in [4.69, 9.17) is 16.3 Å². The van der Waals surface area contributed by atoms with Crippen LogP contribution in [0.15, 0.2) is 0 Å². The molecule has 0 atom stereocenters. The first kappa shape index (κ1) is 12.9. The van der Waals surface area contributed by atoms with Crippen molar-refractivity contribution in [2.45, 2.75) is 32.7 Å². The van der Waals surface area contributed by atoms with Crippen LogP contribution in [0.1, 0.15) is 30.7 Å². The maximum atomic E-state index is 6.11. The van der Waals surface area contributed by atoms with Gasteiger partial charge in [0.15, 0.2) is 0 Å². The lowest BCUT2D eigenvalue weighted by Crippen LogP contribution is -2.43. The van der Waals surface area contributed by atoms with Gasteiger partial charge in [-0.15, -0.1) is 0 Å². The van der Waals surface area contributed by atoms with Crippen LogP contribution in [0.5, 0.6) is 0 Å². The lowest BCUT2D eigenvalue weighted by molar-refractivity contribution is 0.0177. The lowest BCUT2D eigenvalue weighted by Gasteiger charge is -2.41. The Morgan fingerprint density at radius 3 is 2.76 bits per heavy atom. The topological polar surface area (TPSA) is 49.9 Å². The van der Waals surface area contributed by atoms with E-state index < -0.39 is 0 Å². The zero-order valence-electron chi connectivity index (χ0n) is 10.5. The first-order valence-electron chi connectivity index (χ1n) is 6.06. The average molecular weight is 258 g/mol. The van der Waals surface area contributed by atoms with E-state index >= 15 is 0 Å². The summed E-state index contributed by atoms with van der Waals surface area (Å²) < 4.78 is 5.29. The summed E-state index contributed by atoms with van der Waals surface area (Å²) in [6, 6.07) is 0. The second-order valence-electron chi connectivity index (χ2n) is 5.00. The average Bonchev–Trinajstić information content (AvgIpc) is 2.57. The maximum absolute atomic E-state index is 6.11. The summed E-state index contributed by atoms with van der Waals surface area (Å²) in [6.45, 7) is 4.46. The number of methoxy groups -OCH3 is 1. The first-order chi connectivity index (χ1) is 8.17. The van der Waals surface area contributed by atoms with Gasteiger partial charge in [-0.1, -0.05) is 18.0 Å². The third kappa shape index (κ3) is 2.81. The molecule has 0 saturated heterocycles. The highest BCUT2D eigenvalue weighted by Crippen LogP contribution is 2.40. The molecule has 2 rings (SSSR count). The fraction of sp³-hybridized carbons (Fsp3) is 0.750. The number of ether oxygens (including phenoxy) is 1. The van der Waals surface area contributed by atoms with E-state index in [1.165, 1.54) is 19.3 Å². The molecule has 2 N–H and O–H groups in total. The molecule has 1 aliphatic carbocycles. The van der Waals surface area contributed by atoms with Gasteiger partial charge >= 0.3 is 0 Å². The molecule has 5 heteroatoms. The van der Waals surface area contributed by atoms with E-state index in [2.05, 4.69) is 15.5 Å². The van der Waals surface area contributed by atoms with Crippen molar-refractivity contribution in [1.29, 1.82) is 0 Å². The van der Waals surface area contributed by atoms with Gasteiger partial charge in [0.1, 0.15) is 0 Å². The van der Waals surface area contributed by atoms with E-state index in [0.29, 0.717) is 12.0 Å². The van der Waals surface area contributed by atoms with Crippen molar-refractivity contribution < 1.29 is 4.74 Å². The number of H-pyrrole nitrogens is 1. The van der Waals surface area contributed by atoms with Crippen LogP contribution in [-0.2, 0) is 11.3 Å². The van der Waals surface area contributed by atoms with Crippen LogP contribution in [-0.4, -0.2) is 30.5 Å². The van der Waals surface area contributed by atoms with E-state index in [1.807, 2.05) is 6.92 Å². The molecule has 1 aromatic rings. The van der Waals surface area contributed by atoms with Gasteiger partial charge < -0.3 is 10.1 Å². The lowest BCUT2D eigenvalue weighted by atomic mass is 9.69. The minimum absolute atomic E-state index is 0.340. The van der Waals surface area contributed by atoms with E-state index in [9.17, 15) is 0 Å². The monoisotopic (exact) mass is 257 g/mol. The largest absolute Gasteiger partial charge is 0.384 e. The Kier molecular flexibility index (Phi) is 4.07. The molecule has 17 heavy (non-hydrogen) atoms. The summed E-state index contributed by atoms with van der Waals surface area (Å²) in [5.41, 5.74) is 2.17. The number of aryl methyl sites for hydroxylation is 1. The smallest absolute Gasteiger partial charge is 0.0948 e. The van der Waals surface area contributed by atoms with Crippen molar-refractivity contribution in [1.82, 2.24) is 15.5 Å². The van der Waals surface area contributed by atoms with Crippen molar-refractivity contribution in [3.8, 4) is 0 Å². The molecular formula is C12H20ClN3O. The number of nitrogens with zero attached hydrogens (tertiary/aromatic N) is 1. The second-order valence-corrected chi connectivity index (χ2v) is 5.38. The van der Waals surface area contributed by atoms with Crippen LogP contribution in [0.4, 0.5) is 0 Å². The molecule has 1 fully saturated rings. The summed E-state index contributed by atoms with van der Waals surface area (Å²) in [6.07, 6.45) is 3.82. The SMILES string of the molecule is COCC1(CNCc2n[nH]c(C)c2Cl)CCC1. The number of aromatic amines is 1. The Balaban J connectivity index is 1.81. The summed E-state index contributed by atoms with van der Waals surface area (Å²) >= 11 is 6.11. The van der Waals surface area contributed by atoms with Crippen LogP contribution >= 0.6 is 11.6 Å². The highest BCUT2D eigenvalue weighted by atomic mass is 35.5. The Morgan fingerprint density at radius 1 is 1.53 bits per heavy atom. The molecule has 1 heterocycles. The van der Waals surface area contributed by atoms with Gasteiger partial charge in [-0.3, -0.25) is 5.10 Å². The number of halogens is 1. The Hall–Kier alpha value is -0.580. The van der Waals surface area contributed by atoms with Gasteiger partial charge in [-0.05, 0) is 19.8 Å². The number of hydrogen-bond donors (Lipinski definition) is 2. The minimum Gasteiger partial charge on any atom is -0.384 e. The fourth-order valence-electron chi connectivity index (χ4n) is 2.38. The number of rotatable bonds is 6. The van der Waals surface area contributed by atoms with Gasteiger partial charge in [0.2, 0.25) is 0 Å². The molecule has 4 nitrogen and oxygen atoms in total. The third-order valence-corrected chi connectivity index (χ3v) is 4.10. The normalized spacial score (nSPS) is 18.1. The summed E-state index contributed by atoms with van der Waals surface area (Å²) in [7, 11) is 1.77. The van der Waals surface area contributed by atoms with Gasteiger partial charge in [0.05, 0.1) is 23.0 Å². The predicted octanol–water partition coefficient (Wildman–Crippen LogP) is 2.28. The summed E-state index contributed by atoms with van der Waals surface area (Å²) in [4.78, 5) is 0. The number of aromatic nitrogens is 2. The molecule has 1 saturated carbocycles. The molecule has 0 aromatic carbocycles. The van der Waals surface area contributed by atoms with Crippen molar-refractivity contribution in [3.05, 3.63) is 16.4 Å². The molecule has 0 aliphatic heterocycles. The van der Waals surface area contributed by atoms with Crippen molar-refractivity contribution in [2.24, 2.45) is 5.41 Å². The summed E-state index contributed by atoms with van der Waals surface area (Å²) in [5.74, 6) is 0. The highest BCUT2D eigenvalue weighted by Gasteiger charge is 2.36. The predicted molar refractivity (Wildman–Crippen MR) is 68.2 cm³/mol. The molecular weight excluding hydrogens is 238 g/mol. The zero-order chi connectivity index (χ0) is 12.3. The van der Waals surface area contributed by atoms with Crippen LogP contribution in [0, 0.1) is 12.3 Å². The third-order valence-electron chi connectivity index (χ3n) is 3.60. The Labute approximate surface area is 107 Å². The van der Waals surface area contributed by atoms with Crippen LogP contribution < -0.4 is 5.32 Å². The Morgan fingerprint density at radius 2 is 2.29 bits per heavy atom. The molecule has 1 aromatic heterocycles. The fourth-order valence-corrected chi connectivity index (χ4v) is 2.54. The maximum Gasteiger partial charge on any atom is 0.0948 e.